The number of aryl methyl sites for hydroxylation is 2. The van der Waals surface area contributed by atoms with Crippen molar-refractivity contribution in [1.29, 1.82) is 0 Å². The molecule has 0 unspecified atom stereocenters. The Morgan fingerprint density at radius 3 is 2.09 bits per heavy atom. The summed E-state index contributed by atoms with van der Waals surface area (Å²) in [4.78, 5) is 8.91. The van der Waals surface area contributed by atoms with Crippen molar-refractivity contribution in [2.24, 2.45) is 0 Å². The van der Waals surface area contributed by atoms with Crippen LogP contribution in [0.5, 0.6) is 0 Å². The van der Waals surface area contributed by atoms with E-state index in [-0.39, 0.29) is 0 Å². The third kappa shape index (κ3) is 4.20. The average molecular weight is 325 g/mol. The van der Waals surface area contributed by atoms with E-state index < -0.39 is 0 Å². The predicted molar refractivity (Wildman–Crippen MR) is 96.0 cm³/mol. The number of hydrogen-bond donors (Lipinski definition) is 2. The van der Waals surface area contributed by atoms with E-state index in [0.29, 0.717) is 11.0 Å². The van der Waals surface area contributed by atoms with Gasteiger partial charge in [-0.2, -0.15) is 4.98 Å². The first-order chi connectivity index (χ1) is 11.1. The highest BCUT2D eigenvalue weighted by Gasteiger charge is 2.04. The highest BCUT2D eigenvalue weighted by molar-refractivity contribution is 6.30. The molecule has 0 saturated heterocycles. The molecule has 4 nitrogen and oxygen atoms in total. The lowest BCUT2D eigenvalue weighted by atomic mass is 10.2. The number of nitrogens with zero attached hydrogens (tertiary/aromatic N) is 2. The molecule has 116 valence electrons. The average Bonchev–Trinajstić information content (AvgIpc) is 2.51. The molecule has 0 saturated carbocycles. The molecule has 2 N–H and O–H groups in total. The van der Waals surface area contributed by atoms with Gasteiger partial charge < -0.3 is 10.6 Å². The fourth-order valence-corrected chi connectivity index (χ4v) is 2.26. The minimum absolute atomic E-state index is 0.543. The third-order valence-corrected chi connectivity index (χ3v) is 3.53. The molecule has 0 aliphatic rings. The van der Waals surface area contributed by atoms with Crippen LogP contribution >= 0.6 is 11.6 Å². The Balaban J connectivity index is 1.81. The van der Waals surface area contributed by atoms with Crippen molar-refractivity contribution in [3.05, 3.63) is 70.9 Å². The molecule has 0 radical (unpaired) electrons. The van der Waals surface area contributed by atoms with Crippen LogP contribution in [-0.4, -0.2) is 9.97 Å². The first-order valence-electron chi connectivity index (χ1n) is 7.30. The molecule has 0 fully saturated rings. The van der Waals surface area contributed by atoms with Gasteiger partial charge >= 0.3 is 0 Å². The molecule has 1 heterocycles. The minimum atomic E-state index is 0.543. The van der Waals surface area contributed by atoms with Crippen molar-refractivity contribution in [2.45, 2.75) is 13.8 Å². The minimum Gasteiger partial charge on any atom is -0.340 e. The summed E-state index contributed by atoms with van der Waals surface area (Å²) in [5.74, 6) is 1.29. The van der Waals surface area contributed by atoms with Crippen molar-refractivity contribution >= 4 is 34.7 Å². The second kappa shape index (κ2) is 6.67. The van der Waals surface area contributed by atoms with Gasteiger partial charge in [0.2, 0.25) is 5.95 Å². The molecule has 23 heavy (non-hydrogen) atoms. The largest absolute Gasteiger partial charge is 0.340 e. The maximum Gasteiger partial charge on any atom is 0.229 e. The molecule has 2 aromatic carbocycles. The van der Waals surface area contributed by atoms with Gasteiger partial charge in [0.25, 0.3) is 0 Å². The summed E-state index contributed by atoms with van der Waals surface area (Å²) in [7, 11) is 0. The lowest BCUT2D eigenvalue weighted by Crippen LogP contribution is -2.02. The van der Waals surface area contributed by atoms with Crippen LogP contribution in [0.25, 0.3) is 0 Å². The zero-order valence-corrected chi connectivity index (χ0v) is 13.7. The molecule has 3 aromatic rings. The van der Waals surface area contributed by atoms with Crippen molar-refractivity contribution in [3.8, 4) is 0 Å². The Hall–Kier alpha value is -2.59. The SMILES string of the molecule is Cc1ccc(Nc2cc(C)nc(Nc3ccc(Cl)cc3)n2)cc1. The zero-order chi connectivity index (χ0) is 16.2. The van der Waals surface area contributed by atoms with Gasteiger partial charge in [0.05, 0.1) is 0 Å². The first-order valence-corrected chi connectivity index (χ1v) is 7.68. The summed E-state index contributed by atoms with van der Waals surface area (Å²) in [6.45, 7) is 4.00. The third-order valence-electron chi connectivity index (χ3n) is 3.28. The monoisotopic (exact) mass is 324 g/mol. The van der Waals surface area contributed by atoms with Crippen LogP contribution in [0.1, 0.15) is 11.3 Å². The molecule has 5 heteroatoms. The van der Waals surface area contributed by atoms with Crippen molar-refractivity contribution in [3.63, 3.8) is 0 Å². The molecule has 3 rings (SSSR count). The van der Waals surface area contributed by atoms with Gasteiger partial charge in [-0.1, -0.05) is 29.3 Å². The van der Waals surface area contributed by atoms with E-state index in [4.69, 9.17) is 11.6 Å². The van der Waals surface area contributed by atoms with E-state index in [1.165, 1.54) is 5.56 Å². The van der Waals surface area contributed by atoms with E-state index in [2.05, 4.69) is 39.7 Å². The molecule has 0 bridgehead atoms. The first kappa shape index (κ1) is 15.3. The van der Waals surface area contributed by atoms with Crippen LogP contribution in [-0.2, 0) is 0 Å². The predicted octanol–water partition coefficient (Wildman–Crippen LogP) is 5.23. The fourth-order valence-electron chi connectivity index (χ4n) is 2.14. The Morgan fingerprint density at radius 2 is 1.39 bits per heavy atom. The smallest absolute Gasteiger partial charge is 0.229 e. The van der Waals surface area contributed by atoms with Gasteiger partial charge in [-0.05, 0) is 50.2 Å². The number of rotatable bonds is 4. The number of hydrogen-bond acceptors (Lipinski definition) is 4. The molecular formula is C18H17ClN4. The van der Waals surface area contributed by atoms with E-state index in [9.17, 15) is 0 Å². The zero-order valence-electron chi connectivity index (χ0n) is 13.0. The van der Waals surface area contributed by atoms with Crippen molar-refractivity contribution in [1.82, 2.24) is 9.97 Å². The maximum atomic E-state index is 5.90. The number of nitrogens with one attached hydrogen (secondary N) is 2. The molecular weight excluding hydrogens is 308 g/mol. The molecule has 0 amide bonds. The van der Waals surface area contributed by atoms with Crippen molar-refractivity contribution in [2.75, 3.05) is 10.6 Å². The Labute approximate surface area is 140 Å². The summed E-state index contributed by atoms with van der Waals surface area (Å²) < 4.78 is 0. The van der Waals surface area contributed by atoms with Crippen LogP contribution in [0.15, 0.2) is 54.6 Å². The standard InChI is InChI=1S/C18H17ClN4/c1-12-3-7-15(8-4-12)21-17-11-13(2)20-18(23-17)22-16-9-5-14(19)6-10-16/h3-11H,1-2H3,(H2,20,21,22,23). The highest BCUT2D eigenvalue weighted by Crippen LogP contribution is 2.20. The van der Waals surface area contributed by atoms with Gasteiger partial charge in [-0.3, -0.25) is 0 Å². The number of halogens is 1. The number of aromatic nitrogens is 2. The molecule has 0 atom stereocenters. The molecule has 0 aliphatic heterocycles. The Bertz CT molecular complexity index is 733. The normalized spacial score (nSPS) is 10.4. The topological polar surface area (TPSA) is 49.8 Å². The van der Waals surface area contributed by atoms with Crippen LogP contribution in [0.3, 0.4) is 0 Å². The number of anilines is 4. The summed E-state index contributed by atoms with van der Waals surface area (Å²) in [6, 6.07) is 17.5. The fraction of sp³-hybridized carbons (Fsp3) is 0.111. The van der Waals surface area contributed by atoms with Crippen molar-refractivity contribution < 1.29 is 0 Å². The second-order valence-electron chi connectivity index (χ2n) is 5.34. The molecule has 0 aliphatic carbocycles. The van der Waals surface area contributed by atoms with E-state index in [1.54, 1.807) is 0 Å². The Kier molecular flexibility index (Phi) is 4.44. The van der Waals surface area contributed by atoms with Gasteiger partial charge in [-0.25, -0.2) is 4.98 Å². The lowest BCUT2D eigenvalue weighted by molar-refractivity contribution is 1.11. The van der Waals surface area contributed by atoms with E-state index in [0.717, 1.165) is 22.9 Å². The van der Waals surface area contributed by atoms with Crippen LogP contribution < -0.4 is 10.6 Å². The number of benzene rings is 2. The van der Waals surface area contributed by atoms with Gasteiger partial charge in [0.1, 0.15) is 5.82 Å². The highest BCUT2D eigenvalue weighted by atomic mass is 35.5. The van der Waals surface area contributed by atoms with Crippen LogP contribution in [0, 0.1) is 13.8 Å². The summed E-state index contributed by atoms with van der Waals surface area (Å²) in [6.07, 6.45) is 0. The molecule has 1 aromatic heterocycles. The van der Waals surface area contributed by atoms with E-state index >= 15 is 0 Å². The summed E-state index contributed by atoms with van der Waals surface area (Å²) in [5.41, 5.74) is 3.98. The lowest BCUT2D eigenvalue weighted by Gasteiger charge is -2.10. The maximum absolute atomic E-state index is 5.90. The Morgan fingerprint density at radius 1 is 0.783 bits per heavy atom. The van der Waals surface area contributed by atoms with Gasteiger partial charge in [-0.15, -0.1) is 0 Å². The van der Waals surface area contributed by atoms with E-state index in [1.807, 2.05) is 49.4 Å². The summed E-state index contributed by atoms with van der Waals surface area (Å²) >= 11 is 5.90. The van der Waals surface area contributed by atoms with Crippen LogP contribution in [0.2, 0.25) is 5.02 Å². The van der Waals surface area contributed by atoms with Crippen LogP contribution in [0.4, 0.5) is 23.1 Å². The van der Waals surface area contributed by atoms with Gasteiger partial charge in [0, 0.05) is 28.2 Å². The second-order valence-corrected chi connectivity index (χ2v) is 5.78. The molecule has 0 spiro atoms. The van der Waals surface area contributed by atoms with Gasteiger partial charge in [0.15, 0.2) is 0 Å². The summed E-state index contributed by atoms with van der Waals surface area (Å²) in [5, 5.41) is 7.18. The quantitative estimate of drug-likeness (QED) is 0.689.